The molecule has 0 amide bonds. The van der Waals surface area contributed by atoms with Gasteiger partial charge in [0.2, 0.25) is 0 Å². The zero-order chi connectivity index (χ0) is 12.8. The van der Waals surface area contributed by atoms with Gasteiger partial charge in [-0.3, -0.25) is 0 Å². The first-order valence-corrected chi connectivity index (χ1v) is 7.89. The van der Waals surface area contributed by atoms with E-state index in [1.807, 2.05) is 0 Å². The normalized spacial score (nSPS) is 37.1. The predicted octanol–water partition coefficient (Wildman–Crippen LogP) is 4.76. The molecular weight excluding hydrogens is 220 g/mol. The van der Waals surface area contributed by atoms with Gasteiger partial charge in [0.05, 0.1) is 0 Å². The summed E-state index contributed by atoms with van der Waals surface area (Å²) in [4.78, 5) is 10.8. The number of carbonyl (C=O) groups is 1. The molecule has 2 aliphatic rings. The second kappa shape index (κ2) is 7.11. The molecule has 0 heterocycles. The zero-order valence-corrected chi connectivity index (χ0v) is 11.7. The van der Waals surface area contributed by atoms with Crippen LogP contribution in [-0.2, 0) is 4.79 Å². The summed E-state index contributed by atoms with van der Waals surface area (Å²) in [5.74, 6) is 3.25. The van der Waals surface area contributed by atoms with E-state index in [4.69, 9.17) is 0 Å². The van der Waals surface area contributed by atoms with Crippen LogP contribution in [0.4, 0.5) is 0 Å². The standard InChI is InChI=1S/C17H28O/c1-2-3-4-14-5-9-16(10-6-14)17-11-7-15(13-18)8-12-17/h2,13-17H,1,3-12H2. The number of carbonyl (C=O) groups excluding carboxylic acids is 1. The third-order valence-electron chi connectivity index (χ3n) is 5.35. The van der Waals surface area contributed by atoms with E-state index in [0.717, 1.165) is 30.6 Å². The van der Waals surface area contributed by atoms with E-state index < -0.39 is 0 Å². The topological polar surface area (TPSA) is 17.1 Å². The highest BCUT2D eigenvalue weighted by Crippen LogP contribution is 2.41. The lowest BCUT2D eigenvalue weighted by atomic mass is 9.69. The molecule has 0 aromatic carbocycles. The number of hydrogen-bond donors (Lipinski definition) is 0. The average molecular weight is 248 g/mol. The van der Waals surface area contributed by atoms with Crippen molar-refractivity contribution in [2.45, 2.75) is 64.2 Å². The first-order valence-electron chi connectivity index (χ1n) is 7.89. The minimum atomic E-state index is 0.380. The number of allylic oxidation sites excluding steroid dienone is 1. The minimum Gasteiger partial charge on any atom is -0.303 e. The van der Waals surface area contributed by atoms with Gasteiger partial charge < -0.3 is 4.79 Å². The van der Waals surface area contributed by atoms with Crippen LogP contribution in [0.25, 0.3) is 0 Å². The lowest BCUT2D eigenvalue weighted by Gasteiger charge is -2.37. The minimum absolute atomic E-state index is 0.380. The predicted molar refractivity (Wildman–Crippen MR) is 76.4 cm³/mol. The van der Waals surface area contributed by atoms with E-state index >= 15 is 0 Å². The Balaban J connectivity index is 1.70. The van der Waals surface area contributed by atoms with E-state index in [0.29, 0.717) is 5.92 Å². The first-order chi connectivity index (χ1) is 8.83. The fourth-order valence-electron chi connectivity index (χ4n) is 4.05. The summed E-state index contributed by atoms with van der Waals surface area (Å²) >= 11 is 0. The van der Waals surface area contributed by atoms with Crippen molar-refractivity contribution >= 4 is 6.29 Å². The molecule has 0 N–H and O–H groups in total. The lowest BCUT2D eigenvalue weighted by molar-refractivity contribution is -0.112. The fourth-order valence-corrected chi connectivity index (χ4v) is 4.05. The summed E-state index contributed by atoms with van der Waals surface area (Å²) in [6.45, 7) is 3.82. The van der Waals surface area contributed by atoms with Crippen LogP contribution in [0.1, 0.15) is 64.2 Å². The third-order valence-corrected chi connectivity index (χ3v) is 5.35. The molecule has 1 heteroatoms. The summed E-state index contributed by atoms with van der Waals surface area (Å²) in [5.41, 5.74) is 0. The van der Waals surface area contributed by atoms with Crippen molar-refractivity contribution in [3.8, 4) is 0 Å². The Morgan fingerprint density at radius 1 is 0.889 bits per heavy atom. The quantitative estimate of drug-likeness (QED) is 0.506. The Morgan fingerprint density at radius 3 is 1.94 bits per heavy atom. The van der Waals surface area contributed by atoms with Gasteiger partial charge in [-0.15, -0.1) is 6.58 Å². The average Bonchev–Trinajstić information content (AvgIpc) is 2.46. The van der Waals surface area contributed by atoms with Crippen LogP contribution in [-0.4, -0.2) is 6.29 Å². The largest absolute Gasteiger partial charge is 0.303 e. The maximum atomic E-state index is 10.8. The van der Waals surface area contributed by atoms with Crippen LogP contribution in [0, 0.1) is 23.7 Å². The fraction of sp³-hybridized carbons (Fsp3) is 0.824. The van der Waals surface area contributed by atoms with Gasteiger partial charge in [-0.1, -0.05) is 18.9 Å². The molecule has 0 aromatic rings. The lowest BCUT2D eigenvalue weighted by Crippen LogP contribution is -2.26. The Morgan fingerprint density at radius 2 is 1.44 bits per heavy atom. The highest BCUT2D eigenvalue weighted by Gasteiger charge is 2.30. The summed E-state index contributed by atoms with van der Waals surface area (Å²) in [5, 5.41) is 0. The van der Waals surface area contributed by atoms with Crippen molar-refractivity contribution in [3.63, 3.8) is 0 Å². The molecule has 0 spiro atoms. The van der Waals surface area contributed by atoms with E-state index in [1.54, 1.807) is 0 Å². The van der Waals surface area contributed by atoms with E-state index in [1.165, 1.54) is 57.7 Å². The number of rotatable bonds is 5. The zero-order valence-electron chi connectivity index (χ0n) is 11.7. The molecular formula is C17H28O. The van der Waals surface area contributed by atoms with Gasteiger partial charge in [-0.2, -0.15) is 0 Å². The number of hydrogen-bond acceptors (Lipinski definition) is 1. The van der Waals surface area contributed by atoms with Gasteiger partial charge >= 0.3 is 0 Å². The highest BCUT2D eigenvalue weighted by molar-refractivity contribution is 5.53. The van der Waals surface area contributed by atoms with Crippen molar-refractivity contribution in [1.29, 1.82) is 0 Å². The van der Waals surface area contributed by atoms with Crippen LogP contribution in [0.3, 0.4) is 0 Å². The molecule has 2 saturated carbocycles. The summed E-state index contributed by atoms with van der Waals surface area (Å²) < 4.78 is 0. The van der Waals surface area contributed by atoms with Gasteiger partial charge in [0, 0.05) is 5.92 Å². The van der Waals surface area contributed by atoms with Gasteiger partial charge in [0.15, 0.2) is 0 Å². The van der Waals surface area contributed by atoms with Crippen LogP contribution >= 0.6 is 0 Å². The van der Waals surface area contributed by atoms with Crippen LogP contribution in [0.2, 0.25) is 0 Å². The van der Waals surface area contributed by atoms with E-state index in [9.17, 15) is 4.79 Å². The summed E-state index contributed by atoms with van der Waals surface area (Å²) in [6.07, 6.45) is 16.5. The van der Waals surface area contributed by atoms with Gasteiger partial charge in [0.1, 0.15) is 6.29 Å². The number of aldehydes is 1. The molecule has 0 saturated heterocycles. The van der Waals surface area contributed by atoms with E-state index in [-0.39, 0.29) is 0 Å². The molecule has 0 radical (unpaired) electrons. The second-order valence-corrected chi connectivity index (χ2v) is 6.46. The summed E-state index contributed by atoms with van der Waals surface area (Å²) in [7, 11) is 0. The van der Waals surface area contributed by atoms with Crippen LogP contribution in [0.5, 0.6) is 0 Å². The molecule has 0 bridgehead atoms. The molecule has 0 atom stereocenters. The smallest absolute Gasteiger partial charge is 0.123 e. The van der Waals surface area contributed by atoms with Crippen molar-refractivity contribution in [3.05, 3.63) is 12.7 Å². The van der Waals surface area contributed by atoms with Crippen molar-refractivity contribution in [2.75, 3.05) is 0 Å². The molecule has 102 valence electrons. The van der Waals surface area contributed by atoms with Crippen molar-refractivity contribution in [1.82, 2.24) is 0 Å². The van der Waals surface area contributed by atoms with Crippen LogP contribution < -0.4 is 0 Å². The SMILES string of the molecule is C=CCCC1CCC(C2CCC(C=O)CC2)CC1. The van der Waals surface area contributed by atoms with Crippen molar-refractivity contribution < 1.29 is 4.79 Å². The molecule has 2 aliphatic carbocycles. The van der Waals surface area contributed by atoms with Gasteiger partial charge in [0.25, 0.3) is 0 Å². The Kier molecular flexibility index (Phi) is 5.46. The Labute approximate surface area is 112 Å². The first kappa shape index (κ1) is 13.8. The monoisotopic (exact) mass is 248 g/mol. The van der Waals surface area contributed by atoms with Crippen molar-refractivity contribution in [2.24, 2.45) is 23.7 Å². The third kappa shape index (κ3) is 3.70. The van der Waals surface area contributed by atoms with Gasteiger partial charge in [-0.25, -0.2) is 0 Å². The summed E-state index contributed by atoms with van der Waals surface area (Å²) in [6, 6.07) is 0. The van der Waals surface area contributed by atoms with Gasteiger partial charge in [-0.05, 0) is 69.1 Å². The maximum Gasteiger partial charge on any atom is 0.123 e. The molecule has 0 aromatic heterocycles. The molecule has 1 nitrogen and oxygen atoms in total. The Bertz CT molecular complexity index is 255. The molecule has 0 aliphatic heterocycles. The molecule has 2 rings (SSSR count). The molecule has 18 heavy (non-hydrogen) atoms. The highest BCUT2D eigenvalue weighted by atomic mass is 16.1. The molecule has 0 unspecified atom stereocenters. The maximum absolute atomic E-state index is 10.8. The second-order valence-electron chi connectivity index (χ2n) is 6.46. The Hall–Kier alpha value is -0.590. The van der Waals surface area contributed by atoms with E-state index in [2.05, 4.69) is 12.7 Å². The van der Waals surface area contributed by atoms with Crippen LogP contribution in [0.15, 0.2) is 12.7 Å². The molecule has 2 fully saturated rings.